The molecule has 0 saturated heterocycles. The van der Waals surface area contributed by atoms with Crippen LogP contribution in [0.2, 0.25) is 0 Å². The molecule has 0 radical (unpaired) electrons. The number of benzene rings is 8. The number of aromatic nitrogens is 2. The molecule has 3 nitrogen and oxygen atoms in total. The molecular weight excluding hydrogens is 619 g/mol. The van der Waals surface area contributed by atoms with Crippen LogP contribution in [0.25, 0.3) is 66.6 Å². The van der Waals surface area contributed by atoms with Gasteiger partial charge in [0, 0.05) is 33.6 Å². The summed E-state index contributed by atoms with van der Waals surface area (Å²) in [5.41, 5.74) is 1.93. The van der Waals surface area contributed by atoms with Crippen LogP contribution in [0, 0.1) is 0 Å². The molecular formula is C48H33N3. The van der Waals surface area contributed by atoms with Gasteiger partial charge in [0.05, 0.1) is 43.0 Å². The lowest BCUT2D eigenvalue weighted by molar-refractivity contribution is 1.28. The van der Waals surface area contributed by atoms with Gasteiger partial charge in [0.1, 0.15) is 0 Å². The minimum atomic E-state index is -0.763. The van der Waals surface area contributed by atoms with Crippen LogP contribution in [-0.4, -0.2) is 9.97 Å². The number of nitrogens with zero attached hydrogens (tertiary/aromatic N) is 3. The Morgan fingerprint density at radius 1 is 0.412 bits per heavy atom. The molecule has 0 saturated carbocycles. The second kappa shape index (κ2) is 13.2. The number of hydrogen-bond acceptors (Lipinski definition) is 3. The summed E-state index contributed by atoms with van der Waals surface area (Å²) >= 11 is 0. The standard InChI is InChI=1S/C48H33N3/c1-5-14-34(15-6-1)39-20-13-23-43(32-39)51(41-21-11-4-12-22-41)42-29-26-35(27-30-42)40-25-24-36-28-31-45-48(44(36)33-40)50-47(38-18-9-3-10-19-38)46(49-45)37-16-7-2-8-17-37/h1-33H/i2D,3D,7D,8D,9D,10D,16D,17D,18D,19D,24D,25D,28D,31D,33D. The van der Waals surface area contributed by atoms with Gasteiger partial charge in [0.2, 0.25) is 0 Å². The summed E-state index contributed by atoms with van der Waals surface area (Å²) in [6, 6.07) is 24.7. The molecule has 0 atom stereocenters. The number of hydrogen-bond donors (Lipinski definition) is 0. The summed E-state index contributed by atoms with van der Waals surface area (Å²) in [5.74, 6) is 0. The largest absolute Gasteiger partial charge is 0.310 e. The van der Waals surface area contributed by atoms with Gasteiger partial charge in [-0.1, -0.05) is 151 Å². The van der Waals surface area contributed by atoms with E-state index < -0.39 is 113 Å². The van der Waals surface area contributed by atoms with E-state index >= 15 is 0 Å². The molecule has 51 heavy (non-hydrogen) atoms. The number of para-hydroxylation sites is 1. The van der Waals surface area contributed by atoms with Crippen molar-refractivity contribution in [1.82, 2.24) is 9.97 Å². The van der Waals surface area contributed by atoms with Gasteiger partial charge in [0.25, 0.3) is 0 Å². The van der Waals surface area contributed by atoms with Gasteiger partial charge >= 0.3 is 0 Å². The Hall–Kier alpha value is -6.84. The van der Waals surface area contributed by atoms with Crippen molar-refractivity contribution in [2.24, 2.45) is 0 Å². The predicted molar refractivity (Wildman–Crippen MR) is 213 cm³/mol. The van der Waals surface area contributed by atoms with Gasteiger partial charge in [-0.15, -0.1) is 0 Å². The number of anilines is 3. The SMILES string of the molecule is [2H]c1c([2H])c([2H])c(-c2nc3c([2H])c([2H])c4c([2H])c([2H])c(-c5ccc(N(c6ccccc6)c6cccc(-c7ccccc7)c6)cc5)c([2H])c4c3nc2-c2c([2H])c([2H])c([2H])c([2H])c2[2H])c([2H])c1[2H]. The first-order chi connectivity index (χ1) is 31.5. The van der Waals surface area contributed by atoms with E-state index in [0.717, 1.165) is 28.2 Å². The molecule has 0 unspecified atom stereocenters. The van der Waals surface area contributed by atoms with Gasteiger partial charge in [0.15, 0.2) is 0 Å². The first-order valence-electron chi connectivity index (χ1n) is 23.5. The highest BCUT2D eigenvalue weighted by Gasteiger charge is 2.16. The normalized spacial score (nSPS) is 15.3. The van der Waals surface area contributed by atoms with Crippen molar-refractivity contribution in [1.29, 1.82) is 0 Å². The van der Waals surface area contributed by atoms with Crippen molar-refractivity contribution >= 4 is 38.9 Å². The zero-order valence-electron chi connectivity index (χ0n) is 41.7. The lowest BCUT2D eigenvalue weighted by Crippen LogP contribution is -2.09. The summed E-state index contributed by atoms with van der Waals surface area (Å²) in [6.45, 7) is 0. The highest BCUT2D eigenvalue weighted by Crippen LogP contribution is 2.39. The monoisotopic (exact) mass is 666 g/mol. The molecule has 3 heteroatoms. The molecule has 240 valence electrons. The fraction of sp³-hybridized carbons (Fsp3) is 0. The van der Waals surface area contributed by atoms with Crippen molar-refractivity contribution in [3.63, 3.8) is 0 Å². The minimum Gasteiger partial charge on any atom is -0.310 e. The maximum absolute atomic E-state index is 9.68. The molecule has 0 aliphatic heterocycles. The van der Waals surface area contributed by atoms with Crippen molar-refractivity contribution in [2.75, 3.05) is 4.90 Å². The molecule has 0 fully saturated rings. The molecule has 1 aromatic heterocycles. The van der Waals surface area contributed by atoms with E-state index in [4.69, 9.17) is 21.4 Å². The molecule has 9 rings (SSSR count). The Kier molecular flexibility index (Phi) is 4.73. The molecule has 0 N–H and O–H groups in total. The topological polar surface area (TPSA) is 29.0 Å². The smallest absolute Gasteiger partial charge is 0.0973 e. The van der Waals surface area contributed by atoms with Crippen LogP contribution < -0.4 is 4.90 Å². The Bertz CT molecular complexity index is 3420. The second-order valence-corrected chi connectivity index (χ2v) is 11.5. The van der Waals surface area contributed by atoms with E-state index in [2.05, 4.69) is 16.0 Å². The lowest BCUT2D eigenvalue weighted by atomic mass is 9.98. The lowest BCUT2D eigenvalue weighted by Gasteiger charge is -2.26. The zero-order chi connectivity index (χ0) is 47.0. The maximum atomic E-state index is 9.68. The van der Waals surface area contributed by atoms with Crippen LogP contribution in [0.4, 0.5) is 17.1 Å². The van der Waals surface area contributed by atoms with Crippen molar-refractivity contribution in [3.05, 3.63) is 200 Å². The van der Waals surface area contributed by atoms with Crippen molar-refractivity contribution < 1.29 is 20.6 Å². The summed E-state index contributed by atoms with van der Waals surface area (Å²) in [7, 11) is 0. The quantitative estimate of drug-likeness (QED) is 0.159. The third-order valence-corrected chi connectivity index (χ3v) is 8.36. The highest BCUT2D eigenvalue weighted by atomic mass is 15.1. The molecule has 9 aromatic rings. The van der Waals surface area contributed by atoms with Gasteiger partial charge in [-0.05, 0) is 76.1 Å². The Labute approximate surface area is 318 Å². The summed E-state index contributed by atoms with van der Waals surface area (Å²) in [6.07, 6.45) is 0. The van der Waals surface area contributed by atoms with Crippen LogP contribution in [0.5, 0.6) is 0 Å². The highest BCUT2D eigenvalue weighted by molar-refractivity contribution is 6.07. The second-order valence-electron chi connectivity index (χ2n) is 11.5. The van der Waals surface area contributed by atoms with Gasteiger partial charge in [-0.3, -0.25) is 0 Å². The molecule has 0 aliphatic rings. The third kappa shape index (κ3) is 5.92. The van der Waals surface area contributed by atoms with Crippen LogP contribution in [0.1, 0.15) is 20.6 Å². The zero-order valence-corrected chi connectivity index (χ0v) is 26.7. The van der Waals surface area contributed by atoms with Gasteiger partial charge in [-0.25, -0.2) is 9.97 Å². The van der Waals surface area contributed by atoms with Gasteiger partial charge in [-0.2, -0.15) is 0 Å². The third-order valence-electron chi connectivity index (χ3n) is 8.36. The van der Waals surface area contributed by atoms with Crippen LogP contribution in [0.15, 0.2) is 200 Å². The van der Waals surface area contributed by atoms with Crippen molar-refractivity contribution in [3.8, 4) is 44.8 Å². The Morgan fingerprint density at radius 2 is 0.980 bits per heavy atom. The Balaban J connectivity index is 1.31. The van der Waals surface area contributed by atoms with Crippen LogP contribution in [0.3, 0.4) is 0 Å². The molecule has 8 aromatic carbocycles. The average Bonchev–Trinajstić information content (AvgIpc) is 3.33. The minimum absolute atomic E-state index is 0.0318. The van der Waals surface area contributed by atoms with E-state index in [0.29, 0.717) is 5.56 Å². The number of fused-ring (bicyclic) bond motifs is 3. The predicted octanol–water partition coefficient (Wildman–Crippen LogP) is 12.9. The van der Waals surface area contributed by atoms with E-state index in [1.54, 1.807) is 12.1 Å². The molecule has 1 heterocycles. The summed E-state index contributed by atoms with van der Waals surface area (Å²) in [4.78, 5) is 11.3. The number of rotatable bonds is 7. The maximum Gasteiger partial charge on any atom is 0.0973 e. The van der Waals surface area contributed by atoms with Crippen LogP contribution in [-0.2, 0) is 0 Å². The fourth-order valence-electron chi connectivity index (χ4n) is 5.98. The summed E-state index contributed by atoms with van der Waals surface area (Å²) < 4.78 is 132. The molecule has 0 amide bonds. The van der Waals surface area contributed by atoms with E-state index in [-0.39, 0.29) is 27.9 Å². The first-order valence-corrected chi connectivity index (χ1v) is 16.0. The summed E-state index contributed by atoms with van der Waals surface area (Å²) in [5, 5.41) is -0.503. The fourth-order valence-corrected chi connectivity index (χ4v) is 5.98. The van der Waals surface area contributed by atoms with E-state index in [1.165, 1.54) is 0 Å². The average molecular weight is 667 g/mol. The first kappa shape index (κ1) is 18.2. The van der Waals surface area contributed by atoms with Crippen molar-refractivity contribution in [2.45, 2.75) is 0 Å². The Morgan fingerprint density at radius 3 is 1.69 bits per heavy atom. The van der Waals surface area contributed by atoms with Crippen LogP contribution >= 0.6 is 0 Å². The van der Waals surface area contributed by atoms with E-state index in [1.807, 2.05) is 91.0 Å². The van der Waals surface area contributed by atoms with E-state index in [9.17, 15) is 4.11 Å². The molecule has 0 bridgehead atoms. The van der Waals surface area contributed by atoms with Gasteiger partial charge < -0.3 is 4.90 Å². The molecule has 0 aliphatic carbocycles. The molecule has 0 spiro atoms.